The maximum atomic E-state index is 12.5. The van der Waals surface area contributed by atoms with Crippen LogP contribution in [0.3, 0.4) is 0 Å². The minimum absolute atomic E-state index is 0.0732. The van der Waals surface area contributed by atoms with E-state index in [1.165, 1.54) is 18.0 Å². The minimum Gasteiger partial charge on any atom is -0.507 e. The normalized spacial score (nSPS) is 10.9. The Balaban J connectivity index is 1.49. The third kappa shape index (κ3) is 6.45. The number of hydrogen-bond acceptors (Lipinski definition) is 7. The summed E-state index contributed by atoms with van der Waals surface area (Å²) in [6.45, 7) is 6.21. The third-order valence-electron chi connectivity index (χ3n) is 5.31. The van der Waals surface area contributed by atoms with Crippen LogP contribution in [0.25, 0.3) is 17.1 Å². The van der Waals surface area contributed by atoms with Crippen molar-refractivity contribution in [2.75, 3.05) is 12.4 Å². The molecule has 0 aliphatic carbocycles. The van der Waals surface area contributed by atoms with Crippen molar-refractivity contribution in [3.05, 3.63) is 96.6 Å². The topological polar surface area (TPSA) is 102 Å². The van der Waals surface area contributed by atoms with Gasteiger partial charge < -0.3 is 9.84 Å². The number of amides is 1. The van der Waals surface area contributed by atoms with Gasteiger partial charge in [0.05, 0.1) is 18.6 Å². The van der Waals surface area contributed by atoms with E-state index in [1.54, 1.807) is 12.1 Å². The number of nitrogens with one attached hydrogen (secondary N) is 1. The number of nitrogens with zero attached hydrogens (tertiary/aromatic N) is 4. The lowest BCUT2D eigenvalue weighted by atomic mass is 10.1. The van der Waals surface area contributed by atoms with Crippen LogP contribution in [0, 0.1) is 0 Å². The number of carbonyl (C=O) groups is 1. The van der Waals surface area contributed by atoms with Gasteiger partial charge in [-0.1, -0.05) is 60.3 Å². The molecule has 8 nitrogen and oxygen atoms in total. The third-order valence-corrected chi connectivity index (χ3v) is 6.24. The molecule has 0 unspecified atom stereocenters. The van der Waals surface area contributed by atoms with Gasteiger partial charge in [0, 0.05) is 16.8 Å². The smallest absolute Gasteiger partial charge is 0.250 e. The average Bonchev–Trinajstić information content (AvgIpc) is 3.35. The van der Waals surface area contributed by atoms with E-state index in [9.17, 15) is 9.90 Å². The van der Waals surface area contributed by atoms with Crippen molar-refractivity contribution in [2.45, 2.75) is 18.5 Å². The number of rotatable bonds is 11. The summed E-state index contributed by atoms with van der Waals surface area (Å²) in [5, 5.41) is 23.7. The van der Waals surface area contributed by atoms with Crippen molar-refractivity contribution in [1.82, 2.24) is 20.2 Å². The van der Waals surface area contributed by atoms with Gasteiger partial charge in [0.25, 0.3) is 5.91 Å². The summed E-state index contributed by atoms with van der Waals surface area (Å²) >= 11 is 1.25. The first kappa shape index (κ1) is 25.7. The number of aromatic hydroxyl groups is 1. The van der Waals surface area contributed by atoms with Gasteiger partial charge in [0.15, 0.2) is 11.0 Å². The van der Waals surface area contributed by atoms with Gasteiger partial charge in [-0.25, -0.2) is 5.43 Å². The zero-order chi connectivity index (χ0) is 26.0. The number of carbonyl (C=O) groups excluding carboxylic acids is 1. The summed E-state index contributed by atoms with van der Waals surface area (Å²) in [5.74, 6) is 1.31. The molecule has 0 fully saturated rings. The molecule has 37 heavy (non-hydrogen) atoms. The molecule has 9 heteroatoms. The maximum Gasteiger partial charge on any atom is 0.250 e. The number of phenolic OH excluding ortho intramolecular Hbond substituents is 1. The zero-order valence-electron chi connectivity index (χ0n) is 20.4. The number of hydrazone groups is 1. The lowest BCUT2D eigenvalue weighted by molar-refractivity contribution is -0.118. The Labute approximate surface area is 219 Å². The molecule has 1 aromatic heterocycles. The molecule has 0 radical (unpaired) electrons. The molecular formula is C28H27N5O3S. The number of thioether (sulfide) groups is 1. The number of aromatic nitrogens is 3. The molecule has 1 heterocycles. The van der Waals surface area contributed by atoms with Crippen LogP contribution in [0.1, 0.15) is 18.1 Å². The lowest BCUT2D eigenvalue weighted by Gasteiger charge is -2.11. The largest absolute Gasteiger partial charge is 0.507 e. The van der Waals surface area contributed by atoms with Gasteiger partial charge in [-0.15, -0.1) is 16.8 Å². The van der Waals surface area contributed by atoms with Gasteiger partial charge in [0.2, 0.25) is 0 Å². The second-order valence-corrected chi connectivity index (χ2v) is 8.81. The van der Waals surface area contributed by atoms with Crippen molar-refractivity contribution in [3.63, 3.8) is 0 Å². The second kappa shape index (κ2) is 12.5. The Kier molecular flexibility index (Phi) is 8.72. The fourth-order valence-electron chi connectivity index (χ4n) is 3.60. The summed E-state index contributed by atoms with van der Waals surface area (Å²) in [6, 6.07) is 22.7. The number of benzene rings is 3. The Morgan fingerprint density at radius 1 is 1.11 bits per heavy atom. The van der Waals surface area contributed by atoms with E-state index in [1.807, 2.05) is 78.2 Å². The number of hydrogen-bond donors (Lipinski definition) is 2. The first-order valence-electron chi connectivity index (χ1n) is 11.7. The standard InChI is InChI=1S/C28H27N5O3S/c1-3-9-20-12-8-13-22(26(20)35)18-29-30-25(34)19-37-28-32-31-27(21-10-6-5-7-11-21)33(28)23-14-16-24(17-15-23)36-4-2/h3,5-8,10-18,35H,1,4,9,19H2,2H3,(H,30,34)/b29-18+. The Hall–Kier alpha value is -4.37. The highest BCUT2D eigenvalue weighted by molar-refractivity contribution is 7.99. The number of allylic oxidation sites excluding steroid dienone is 1. The highest BCUT2D eigenvalue weighted by Crippen LogP contribution is 2.29. The van der Waals surface area contributed by atoms with E-state index >= 15 is 0 Å². The van der Waals surface area contributed by atoms with Crippen LogP contribution in [-0.4, -0.2) is 44.4 Å². The first-order chi connectivity index (χ1) is 18.1. The highest BCUT2D eigenvalue weighted by Gasteiger charge is 2.17. The van der Waals surface area contributed by atoms with E-state index in [0.717, 1.165) is 22.6 Å². The van der Waals surface area contributed by atoms with Crippen molar-refractivity contribution < 1.29 is 14.6 Å². The number of para-hydroxylation sites is 1. The van der Waals surface area contributed by atoms with E-state index in [2.05, 4.69) is 27.3 Å². The Bertz CT molecular complexity index is 1380. The maximum absolute atomic E-state index is 12.5. The summed E-state index contributed by atoms with van der Waals surface area (Å²) < 4.78 is 7.48. The number of phenols is 1. The summed E-state index contributed by atoms with van der Waals surface area (Å²) in [5.41, 5.74) is 5.51. The van der Waals surface area contributed by atoms with E-state index < -0.39 is 0 Å². The van der Waals surface area contributed by atoms with Crippen LogP contribution in [0.5, 0.6) is 11.5 Å². The van der Waals surface area contributed by atoms with Gasteiger partial charge in [0.1, 0.15) is 11.5 Å². The van der Waals surface area contributed by atoms with Gasteiger partial charge >= 0.3 is 0 Å². The fraction of sp³-hybridized carbons (Fsp3) is 0.143. The second-order valence-electron chi connectivity index (χ2n) is 7.86. The predicted octanol–water partition coefficient (Wildman–Crippen LogP) is 5.01. The van der Waals surface area contributed by atoms with E-state index in [-0.39, 0.29) is 17.4 Å². The quantitative estimate of drug-likeness (QED) is 0.127. The summed E-state index contributed by atoms with van der Waals surface area (Å²) in [7, 11) is 0. The van der Waals surface area contributed by atoms with Gasteiger partial charge in [-0.3, -0.25) is 9.36 Å². The van der Waals surface area contributed by atoms with Gasteiger partial charge in [-0.2, -0.15) is 5.10 Å². The summed E-state index contributed by atoms with van der Waals surface area (Å²) in [4.78, 5) is 12.5. The molecule has 0 spiro atoms. The lowest BCUT2D eigenvalue weighted by Crippen LogP contribution is -2.20. The Morgan fingerprint density at radius 2 is 1.89 bits per heavy atom. The zero-order valence-corrected chi connectivity index (χ0v) is 21.2. The molecule has 0 atom stereocenters. The van der Waals surface area contributed by atoms with Crippen LogP contribution >= 0.6 is 11.8 Å². The highest BCUT2D eigenvalue weighted by atomic mass is 32.2. The van der Waals surface area contributed by atoms with Crippen molar-refractivity contribution in [1.29, 1.82) is 0 Å². The summed E-state index contributed by atoms with van der Waals surface area (Å²) in [6.07, 6.45) is 3.67. The molecule has 0 saturated heterocycles. The SMILES string of the molecule is C=CCc1cccc(/C=N/NC(=O)CSc2nnc(-c3ccccc3)n2-c2ccc(OCC)cc2)c1O. The molecule has 4 rings (SSSR count). The van der Waals surface area contributed by atoms with Crippen molar-refractivity contribution in [3.8, 4) is 28.6 Å². The first-order valence-corrected chi connectivity index (χ1v) is 12.7. The van der Waals surface area contributed by atoms with Crippen molar-refractivity contribution >= 4 is 23.9 Å². The van der Waals surface area contributed by atoms with Crippen LogP contribution in [0.15, 0.2) is 95.7 Å². The Morgan fingerprint density at radius 3 is 2.62 bits per heavy atom. The minimum atomic E-state index is -0.314. The monoisotopic (exact) mass is 513 g/mol. The van der Waals surface area contributed by atoms with Gasteiger partial charge in [-0.05, 0) is 49.2 Å². The van der Waals surface area contributed by atoms with E-state index in [4.69, 9.17) is 4.74 Å². The van der Waals surface area contributed by atoms with Crippen LogP contribution in [0.4, 0.5) is 0 Å². The molecule has 2 N–H and O–H groups in total. The molecule has 0 aliphatic rings. The average molecular weight is 514 g/mol. The molecule has 0 bridgehead atoms. The van der Waals surface area contributed by atoms with E-state index in [0.29, 0.717) is 29.6 Å². The molecule has 188 valence electrons. The molecule has 4 aromatic rings. The van der Waals surface area contributed by atoms with Crippen LogP contribution in [0.2, 0.25) is 0 Å². The van der Waals surface area contributed by atoms with Crippen LogP contribution in [-0.2, 0) is 11.2 Å². The molecule has 0 saturated carbocycles. The predicted molar refractivity (Wildman–Crippen MR) is 146 cm³/mol. The van der Waals surface area contributed by atoms with Crippen molar-refractivity contribution in [2.24, 2.45) is 5.10 Å². The molecule has 0 aliphatic heterocycles. The molecule has 1 amide bonds. The molecule has 3 aromatic carbocycles. The fourth-order valence-corrected chi connectivity index (χ4v) is 4.34. The number of ether oxygens (including phenoxy) is 1. The van der Waals surface area contributed by atoms with Crippen LogP contribution < -0.4 is 10.2 Å². The molecular weight excluding hydrogens is 486 g/mol.